The maximum Gasteiger partial charge on any atom is 0.129 e. The molecule has 1 heterocycles. The number of hydrogen-bond donors (Lipinski definition) is 1. The number of aliphatic hydroxyl groups excluding tert-OH is 1. The molecule has 0 atom stereocenters. The van der Waals surface area contributed by atoms with Gasteiger partial charge in [0.25, 0.3) is 0 Å². The number of hydrogen-bond acceptors (Lipinski definition) is 3. The van der Waals surface area contributed by atoms with Crippen molar-refractivity contribution in [1.82, 2.24) is 4.98 Å². The van der Waals surface area contributed by atoms with Crippen molar-refractivity contribution >= 4 is 19.4 Å². The fourth-order valence-electron chi connectivity index (χ4n) is 0.692. The van der Waals surface area contributed by atoms with E-state index in [1.165, 1.54) is 11.3 Å². The molecule has 0 bridgehead atoms. The Hall–Kier alpha value is -0.633. The average Bonchev–Trinajstić information content (AvgIpc) is 2.47. The highest BCUT2D eigenvalue weighted by Crippen LogP contribution is 2.08. The minimum Gasteiger partial charge on any atom is -0.389 e. The van der Waals surface area contributed by atoms with Crippen molar-refractivity contribution in [3.63, 3.8) is 0 Å². The Balaban J connectivity index is 2.78. The highest BCUT2D eigenvalue weighted by Gasteiger charge is 2.07. The van der Waals surface area contributed by atoms with E-state index in [-0.39, 0.29) is 6.61 Å². The third kappa shape index (κ3) is 3.72. The Bertz CT molecular complexity index is 342. The molecule has 1 aromatic rings. The number of nitrogens with zero attached hydrogens (tertiary/aromatic N) is 1. The largest absolute Gasteiger partial charge is 0.389 e. The molecule has 70 valence electrons. The van der Waals surface area contributed by atoms with Crippen molar-refractivity contribution in [2.24, 2.45) is 0 Å². The lowest BCUT2D eigenvalue weighted by molar-refractivity contribution is 0.281. The topological polar surface area (TPSA) is 33.1 Å². The van der Waals surface area contributed by atoms with Gasteiger partial charge in [-0.25, -0.2) is 4.98 Å². The monoisotopic (exact) mass is 211 g/mol. The highest BCUT2D eigenvalue weighted by atomic mass is 32.1. The van der Waals surface area contributed by atoms with Crippen LogP contribution in [0.2, 0.25) is 19.6 Å². The maximum absolute atomic E-state index is 8.79. The highest BCUT2D eigenvalue weighted by molar-refractivity contribution is 7.09. The second kappa shape index (κ2) is 4.05. The van der Waals surface area contributed by atoms with Crippen molar-refractivity contribution in [2.45, 2.75) is 26.2 Å². The van der Waals surface area contributed by atoms with E-state index in [4.69, 9.17) is 5.11 Å². The van der Waals surface area contributed by atoms with E-state index in [1.807, 2.05) is 5.38 Å². The molecule has 0 radical (unpaired) electrons. The minimum atomic E-state index is -1.30. The summed E-state index contributed by atoms with van der Waals surface area (Å²) >= 11 is 1.45. The Kier molecular flexibility index (Phi) is 3.26. The van der Waals surface area contributed by atoms with Gasteiger partial charge in [0, 0.05) is 5.38 Å². The molecule has 0 saturated heterocycles. The number of thiazole rings is 1. The van der Waals surface area contributed by atoms with Crippen LogP contribution in [0.1, 0.15) is 10.7 Å². The van der Waals surface area contributed by atoms with Crippen molar-refractivity contribution < 1.29 is 5.11 Å². The lowest BCUT2D eigenvalue weighted by atomic mass is 10.5. The molecule has 0 unspecified atom stereocenters. The first-order valence-electron chi connectivity index (χ1n) is 4.10. The first kappa shape index (κ1) is 10.4. The number of rotatable bonds is 1. The van der Waals surface area contributed by atoms with Crippen LogP contribution >= 0.6 is 11.3 Å². The molecule has 0 aliphatic rings. The summed E-state index contributed by atoms with van der Waals surface area (Å²) in [6.45, 7) is 6.59. The van der Waals surface area contributed by atoms with E-state index < -0.39 is 8.07 Å². The standard InChI is InChI=1S/C9H13NOSSi/c1-13(2,3)5-4-8-7-12-9(6-11)10-8/h7,11H,6H2,1-3H3. The third-order valence-corrected chi connectivity index (χ3v) is 2.96. The van der Waals surface area contributed by atoms with Gasteiger partial charge in [0.1, 0.15) is 18.8 Å². The molecule has 0 fully saturated rings. The van der Waals surface area contributed by atoms with Gasteiger partial charge in [-0.2, -0.15) is 0 Å². The average molecular weight is 211 g/mol. The summed E-state index contributed by atoms with van der Waals surface area (Å²) in [5, 5.41) is 11.4. The van der Waals surface area contributed by atoms with Crippen LogP contribution in [0.25, 0.3) is 0 Å². The first-order valence-corrected chi connectivity index (χ1v) is 8.48. The molecular weight excluding hydrogens is 198 g/mol. The SMILES string of the molecule is C[Si](C)(C)C#Cc1csc(CO)n1. The van der Waals surface area contributed by atoms with E-state index in [9.17, 15) is 0 Å². The van der Waals surface area contributed by atoms with Crippen LogP contribution in [0.4, 0.5) is 0 Å². The van der Waals surface area contributed by atoms with Crippen molar-refractivity contribution in [3.05, 3.63) is 16.1 Å². The van der Waals surface area contributed by atoms with E-state index in [2.05, 4.69) is 36.1 Å². The molecule has 1 N–H and O–H groups in total. The van der Waals surface area contributed by atoms with Crippen molar-refractivity contribution in [1.29, 1.82) is 0 Å². The summed E-state index contributed by atoms with van der Waals surface area (Å²) in [5.74, 6) is 3.04. The Morgan fingerprint density at radius 3 is 2.69 bits per heavy atom. The van der Waals surface area contributed by atoms with E-state index in [0.29, 0.717) is 0 Å². The number of aliphatic hydroxyl groups is 1. The van der Waals surface area contributed by atoms with Gasteiger partial charge in [0.2, 0.25) is 0 Å². The third-order valence-electron chi connectivity index (χ3n) is 1.25. The number of aromatic nitrogens is 1. The Labute approximate surface area is 83.7 Å². The Morgan fingerprint density at radius 2 is 2.23 bits per heavy atom. The lowest BCUT2D eigenvalue weighted by Crippen LogP contribution is -2.16. The predicted octanol–water partition coefficient (Wildman–Crippen LogP) is 1.86. The van der Waals surface area contributed by atoms with Gasteiger partial charge < -0.3 is 5.11 Å². The molecule has 1 aromatic heterocycles. The predicted molar refractivity (Wildman–Crippen MR) is 58.3 cm³/mol. The minimum absolute atomic E-state index is 0.0132. The van der Waals surface area contributed by atoms with Gasteiger partial charge in [0.05, 0.1) is 6.61 Å². The van der Waals surface area contributed by atoms with Gasteiger partial charge in [0.15, 0.2) is 0 Å². The maximum atomic E-state index is 8.79. The summed E-state index contributed by atoms with van der Waals surface area (Å²) in [6.07, 6.45) is 0. The normalized spacial score (nSPS) is 10.8. The van der Waals surface area contributed by atoms with Crippen LogP contribution in [0.3, 0.4) is 0 Å². The van der Waals surface area contributed by atoms with Crippen LogP contribution in [0, 0.1) is 11.5 Å². The smallest absolute Gasteiger partial charge is 0.129 e. The van der Waals surface area contributed by atoms with E-state index >= 15 is 0 Å². The van der Waals surface area contributed by atoms with E-state index in [0.717, 1.165) is 10.7 Å². The molecule has 0 amide bonds. The van der Waals surface area contributed by atoms with Crippen molar-refractivity contribution in [3.8, 4) is 11.5 Å². The summed E-state index contributed by atoms with van der Waals surface area (Å²) < 4.78 is 0. The zero-order valence-electron chi connectivity index (χ0n) is 8.09. The molecule has 1 rings (SSSR count). The summed E-state index contributed by atoms with van der Waals surface area (Å²) in [7, 11) is -1.30. The summed E-state index contributed by atoms with van der Waals surface area (Å²) in [6, 6.07) is 0. The molecule has 0 spiro atoms. The fourth-order valence-corrected chi connectivity index (χ4v) is 1.78. The lowest BCUT2D eigenvalue weighted by Gasteiger charge is -2.02. The van der Waals surface area contributed by atoms with Crippen molar-refractivity contribution in [2.75, 3.05) is 0 Å². The molecule has 0 aliphatic heterocycles. The van der Waals surface area contributed by atoms with Crippen LogP contribution in [-0.2, 0) is 6.61 Å². The quantitative estimate of drug-likeness (QED) is 0.568. The molecular formula is C9H13NOSSi. The van der Waals surface area contributed by atoms with Gasteiger partial charge in [-0.1, -0.05) is 25.6 Å². The second-order valence-corrected chi connectivity index (χ2v) is 9.48. The van der Waals surface area contributed by atoms with Gasteiger partial charge in [-0.05, 0) is 0 Å². The van der Waals surface area contributed by atoms with Gasteiger partial charge >= 0.3 is 0 Å². The zero-order chi connectivity index (χ0) is 9.90. The molecule has 0 saturated carbocycles. The van der Waals surface area contributed by atoms with Gasteiger partial charge in [-0.15, -0.1) is 16.9 Å². The molecule has 0 aliphatic carbocycles. The van der Waals surface area contributed by atoms with Gasteiger partial charge in [-0.3, -0.25) is 0 Å². The zero-order valence-corrected chi connectivity index (χ0v) is 9.90. The Morgan fingerprint density at radius 1 is 1.54 bits per heavy atom. The first-order chi connectivity index (χ1) is 6.01. The van der Waals surface area contributed by atoms with Crippen LogP contribution in [0.5, 0.6) is 0 Å². The molecule has 0 aromatic carbocycles. The molecule has 4 heteroatoms. The summed E-state index contributed by atoms with van der Waals surface area (Å²) in [5.41, 5.74) is 4.02. The van der Waals surface area contributed by atoms with Crippen LogP contribution < -0.4 is 0 Å². The van der Waals surface area contributed by atoms with E-state index in [1.54, 1.807) is 0 Å². The fraction of sp³-hybridized carbons (Fsp3) is 0.444. The van der Waals surface area contributed by atoms with Crippen LogP contribution in [-0.4, -0.2) is 18.2 Å². The second-order valence-electron chi connectivity index (χ2n) is 3.78. The molecule has 13 heavy (non-hydrogen) atoms. The summed E-state index contributed by atoms with van der Waals surface area (Å²) in [4.78, 5) is 4.15. The molecule has 2 nitrogen and oxygen atoms in total. The van der Waals surface area contributed by atoms with Crippen LogP contribution in [0.15, 0.2) is 5.38 Å².